The van der Waals surface area contributed by atoms with Gasteiger partial charge in [0.15, 0.2) is 0 Å². The van der Waals surface area contributed by atoms with Crippen LogP contribution in [0.2, 0.25) is 10.0 Å². The molecule has 0 saturated heterocycles. The fourth-order valence-corrected chi connectivity index (χ4v) is 3.57. The van der Waals surface area contributed by atoms with Crippen LogP contribution in [0.3, 0.4) is 0 Å². The fourth-order valence-electron chi connectivity index (χ4n) is 3.10. The molecule has 0 aliphatic heterocycles. The van der Waals surface area contributed by atoms with Crippen molar-refractivity contribution in [1.82, 2.24) is 15.2 Å². The Balaban J connectivity index is 1.54. The number of hydrogen-bond donors (Lipinski definition) is 2. The highest BCUT2D eigenvalue weighted by molar-refractivity contribution is 6.35. The molecule has 4 aromatic rings. The number of amides is 2. The van der Waals surface area contributed by atoms with Crippen LogP contribution in [0.5, 0.6) is 0 Å². The molecule has 0 saturated carbocycles. The lowest BCUT2D eigenvalue weighted by molar-refractivity contribution is 0.252. The molecule has 2 N–H and O–H groups in total. The van der Waals surface area contributed by atoms with E-state index in [1.807, 2.05) is 60.8 Å². The van der Waals surface area contributed by atoms with E-state index < -0.39 is 6.03 Å². The summed E-state index contributed by atoms with van der Waals surface area (Å²) in [4.78, 5) is 12.1. The number of hydrogen-bond acceptors (Lipinski definition) is 3. The van der Waals surface area contributed by atoms with E-state index in [4.69, 9.17) is 28.3 Å². The van der Waals surface area contributed by atoms with Crippen molar-refractivity contribution in [3.05, 3.63) is 106 Å². The lowest BCUT2D eigenvalue weighted by Gasteiger charge is -2.05. The van der Waals surface area contributed by atoms with Gasteiger partial charge in [0.05, 0.1) is 12.8 Å². The zero-order valence-corrected chi connectivity index (χ0v) is 18.4. The van der Waals surface area contributed by atoms with Gasteiger partial charge in [0.2, 0.25) is 0 Å². The maximum absolute atomic E-state index is 12.1. The molecule has 0 aliphatic carbocycles. The molecule has 0 atom stereocenters. The minimum atomic E-state index is -0.436. The third kappa shape index (κ3) is 5.55. The highest BCUT2D eigenvalue weighted by Crippen LogP contribution is 2.24. The van der Waals surface area contributed by atoms with Crippen LogP contribution >= 0.6 is 23.2 Å². The number of urea groups is 1. The van der Waals surface area contributed by atoms with Gasteiger partial charge >= 0.3 is 6.03 Å². The topological polar surface area (TPSA) is 71.3 Å². The number of rotatable bonds is 6. The standard InChI is InChI=1S/C24H19Cl2N5O/c25-20-12-11-18(22(26)13-20)15-31-16-19(23(30-31)17-7-3-1-4-8-17)14-27-29-24(32)28-21-9-5-2-6-10-21/h1-14,16H,15H2,(H2,28,29,32)/b27-14-. The van der Waals surface area contributed by atoms with Crippen molar-refractivity contribution in [2.24, 2.45) is 5.10 Å². The Morgan fingerprint density at radius 3 is 2.44 bits per heavy atom. The monoisotopic (exact) mass is 463 g/mol. The molecular weight excluding hydrogens is 445 g/mol. The molecule has 8 heteroatoms. The first-order valence-corrected chi connectivity index (χ1v) is 10.6. The highest BCUT2D eigenvalue weighted by atomic mass is 35.5. The van der Waals surface area contributed by atoms with Gasteiger partial charge in [-0.2, -0.15) is 10.2 Å². The molecule has 0 unspecified atom stereocenters. The van der Waals surface area contributed by atoms with Gasteiger partial charge in [-0.25, -0.2) is 10.2 Å². The fraction of sp³-hybridized carbons (Fsp3) is 0.0417. The molecule has 3 aromatic carbocycles. The number of halogens is 2. The molecule has 32 heavy (non-hydrogen) atoms. The zero-order chi connectivity index (χ0) is 22.3. The molecule has 0 fully saturated rings. The number of nitrogens with one attached hydrogen (secondary N) is 2. The number of benzene rings is 3. The first-order valence-electron chi connectivity index (χ1n) is 9.80. The van der Waals surface area contributed by atoms with Crippen LogP contribution in [0.25, 0.3) is 11.3 Å². The summed E-state index contributed by atoms with van der Waals surface area (Å²) in [6, 6.07) is 23.8. The average Bonchev–Trinajstić information content (AvgIpc) is 3.19. The molecule has 0 aliphatic rings. The summed E-state index contributed by atoms with van der Waals surface area (Å²) in [6.45, 7) is 0.464. The second-order valence-corrected chi connectivity index (χ2v) is 7.77. The van der Waals surface area contributed by atoms with Crippen LogP contribution < -0.4 is 10.7 Å². The smallest absolute Gasteiger partial charge is 0.307 e. The maximum atomic E-state index is 12.1. The van der Waals surface area contributed by atoms with Gasteiger partial charge in [-0.3, -0.25) is 4.68 Å². The maximum Gasteiger partial charge on any atom is 0.339 e. The molecule has 2 amide bonds. The zero-order valence-electron chi connectivity index (χ0n) is 16.9. The largest absolute Gasteiger partial charge is 0.339 e. The van der Waals surface area contributed by atoms with Crippen molar-refractivity contribution in [3.8, 4) is 11.3 Å². The summed E-state index contributed by atoms with van der Waals surface area (Å²) in [7, 11) is 0. The van der Waals surface area contributed by atoms with Gasteiger partial charge in [-0.15, -0.1) is 0 Å². The van der Waals surface area contributed by atoms with Gasteiger partial charge in [0.25, 0.3) is 0 Å². The Morgan fingerprint density at radius 2 is 1.72 bits per heavy atom. The summed E-state index contributed by atoms with van der Waals surface area (Å²) in [5.41, 5.74) is 6.47. The van der Waals surface area contributed by atoms with Crippen LogP contribution in [0, 0.1) is 0 Å². The number of aromatic nitrogens is 2. The van der Waals surface area contributed by atoms with Crippen LogP contribution in [0.4, 0.5) is 10.5 Å². The number of nitrogens with zero attached hydrogens (tertiary/aromatic N) is 3. The number of anilines is 1. The van der Waals surface area contributed by atoms with E-state index in [9.17, 15) is 4.79 Å². The van der Waals surface area contributed by atoms with E-state index in [0.29, 0.717) is 22.3 Å². The number of carbonyl (C=O) groups is 1. The summed E-state index contributed by atoms with van der Waals surface area (Å²) in [5, 5.41) is 12.7. The minimum Gasteiger partial charge on any atom is -0.307 e. The highest BCUT2D eigenvalue weighted by Gasteiger charge is 2.11. The lowest BCUT2D eigenvalue weighted by Crippen LogP contribution is -2.24. The molecule has 1 heterocycles. The van der Waals surface area contributed by atoms with E-state index >= 15 is 0 Å². The SMILES string of the molecule is O=C(N/N=C\c1cn(Cc2ccc(Cl)cc2Cl)nc1-c1ccccc1)Nc1ccccc1. The average molecular weight is 464 g/mol. The summed E-state index contributed by atoms with van der Waals surface area (Å²) >= 11 is 12.3. The summed E-state index contributed by atoms with van der Waals surface area (Å²) in [5.74, 6) is 0. The molecule has 4 rings (SSSR count). The Labute approximate surface area is 195 Å². The van der Waals surface area contributed by atoms with Crippen LogP contribution in [0.1, 0.15) is 11.1 Å². The van der Waals surface area contributed by atoms with Crippen LogP contribution in [-0.2, 0) is 6.54 Å². The minimum absolute atomic E-state index is 0.436. The Kier molecular flexibility index (Phi) is 6.84. The quantitative estimate of drug-likeness (QED) is 0.269. The van der Waals surface area contributed by atoms with E-state index in [0.717, 1.165) is 22.4 Å². The van der Waals surface area contributed by atoms with Gasteiger partial charge < -0.3 is 5.32 Å². The van der Waals surface area contributed by atoms with Gasteiger partial charge in [0.1, 0.15) is 5.69 Å². The predicted molar refractivity (Wildman–Crippen MR) is 129 cm³/mol. The molecular formula is C24H19Cl2N5O. The van der Waals surface area contributed by atoms with Gasteiger partial charge in [-0.1, -0.05) is 77.8 Å². The van der Waals surface area contributed by atoms with Crippen molar-refractivity contribution in [2.75, 3.05) is 5.32 Å². The van der Waals surface area contributed by atoms with E-state index in [2.05, 4.69) is 15.8 Å². The Hall–Kier alpha value is -3.61. The molecule has 0 spiro atoms. The van der Waals surface area contributed by atoms with Crippen LogP contribution in [0.15, 0.2) is 90.2 Å². The molecule has 160 valence electrons. The first kappa shape index (κ1) is 21.6. The Morgan fingerprint density at radius 1 is 1.00 bits per heavy atom. The van der Waals surface area contributed by atoms with Crippen molar-refractivity contribution >= 4 is 41.1 Å². The van der Waals surface area contributed by atoms with Crippen LogP contribution in [-0.4, -0.2) is 22.0 Å². The molecule has 0 bridgehead atoms. The second kappa shape index (κ2) is 10.1. The molecule has 0 radical (unpaired) electrons. The summed E-state index contributed by atoms with van der Waals surface area (Å²) in [6.07, 6.45) is 3.42. The Bertz CT molecular complexity index is 1240. The van der Waals surface area contributed by atoms with Crippen molar-refractivity contribution in [2.45, 2.75) is 6.54 Å². The van der Waals surface area contributed by atoms with E-state index in [1.54, 1.807) is 35.2 Å². The third-order valence-electron chi connectivity index (χ3n) is 4.59. The lowest BCUT2D eigenvalue weighted by atomic mass is 10.1. The third-order valence-corrected chi connectivity index (χ3v) is 5.17. The van der Waals surface area contributed by atoms with E-state index in [1.165, 1.54) is 0 Å². The van der Waals surface area contributed by atoms with Crippen molar-refractivity contribution < 1.29 is 4.79 Å². The normalized spacial score (nSPS) is 10.9. The molecule has 1 aromatic heterocycles. The number of para-hydroxylation sites is 1. The van der Waals surface area contributed by atoms with Gasteiger partial charge in [0, 0.05) is 33.1 Å². The van der Waals surface area contributed by atoms with E-state index in [-0.39, 0.29) is 0 Å². The number of hydrazone groups is 1. The van der Waals surface area contributed by atoms with Crippen molar-refractivity contribution in [3.63, 3.8) is 0 Å². The predicted octanol–water partition coefficient (Wildman–Crippen LogP) is 6.06. The molecule has 6 nitrogen and oxygen atoms in total. The van der Waals surface area contributed by atoms with Crippen molar-refractivity contribution in [1.29, 1.82) is 0 Å². The van der Waals surface area contributed by atoms with Gasteiger partial charge in [-0.05, 0) is 29.8 Å². The second-order valence-electron chi connectivity index (χ2n) is 6.92. The number of carbonyl (C=O) groups excluding carboxylic acids is 1. The first-order chi connectivity index (χ1) is 15.6. The summed E-state index contributed by atoms with van der Waals surface area (Å²) < 4.78 is 1.78.